The number of hydrogen-bond donors (Lipinski definition) is 1. The van der Waals surface area contributed by atoms with Crippen LogP contribution in [0.2, 0.25) is 0 Å². The molecule has 3 rings (SSSR count). The van der Waals surface area contributed by atoms with E-state index in [0.717, 1.165) is 5.56 Å². The zero-order valence-corrected chi connectivity index (χ0v) is 18.3. The van der Waals surface area contributed by atoms with Crippen molar-refractivity contribution in [2.24, 2.45) is 0 Å². The molecule has 0 unspecified atom stereocenters. The molecule has 0 aromatic heterocycles. The summed E-state index contributed by atoms with van der Waals surface area (Å²) in [7, 11) is -1.63. The normalized spacial score (nSPS) is 17.1. The fourth-order valence-corrected chi connectivity index (χ4v) is 4.84. The zero-order valence-electron chi connectivity index (χ0n) is 17.5. The van der Waals surface area contributed by atoms with Crippen LogP contribution in [0.4, 0.5) is 0 Å². The zero-order chi connectivity index (χ0) is 21.2. The lowest BCUT2D eigenvalue weighted by Crippen LogP contribution is -2.47. The molecule has 1 atom stereocenters. The lowest BCUT2D eigenvalue weighted by molar-refractivity contribution is 0.0939. The quantitative estimate of drug-likeness (QED) is 0.815. The van der Waals surface area contributed by atoms with Gasteiger partial charge in [0.2, 0.25) is 10.0 Å². The molecule has 1 N–H and O–H groups in total. The Morgan fingerprint density at radius 3 is 2.34 bits per heavy atom. The van der Waals surface area contributed by atoms with E-state index in [1.807, 2.05) is 33.0 Å². The van der Waals surface area contributed by atoms with Crippen molar-refractivity contribution in [2.45, 2.75) is 31.7 Å². The molecule has 1 saturated heterocycles. The average molecular weight is 416 g/mol. The SMILES string of the molecule is Cc1ccc([C@H](C)NC(=O)c2cccc(S(=O)(=O)N3CCN(C)CC3)c2)cc1C. The molecular weight excluding hydrogens is 386 g/mol. The van der Waals surface area contributed by atoms with Crippen LogP contribution in [0.25, 0.3) is 0 Å². The minimum atomic E-state index is -3.61. The summed E-state index contributed by atoms with van der Waals surface area (Å²) in [6.45, 7) is 8.33. The predicted molar refractivity (Wildman–Crippen MR) is 114 cm³/mol. The standard InChI is InChI=1S/C22H29N3O3S/c1-16-8-9-19(14-17(16)2)18(3)23-22(26)20-6-5-7-21(15-20)29(27,28)25-12-10-24(4)11-13-25/h5-9,14-15,18H,10-13H2,1-4H3,(H,23,26)/t18-/m0/s1. The highest BCUT2D eigenvalue weighted by atomic mass is 32.2. The first-order valence-electron chi connectivity index (χ1n) is 9.85. The molecule has 7 heteroatoms. The van der Waals surface area contributed by atoms with E-state index in [-0.39, 0.29) is 16.8 Å². The number of carbonyl (C=O) groups excluding carboxylic acids is 1. The first kappa shape index (κ1) is 21.5. The summed E-state index contributed by atoms with van der Waals surface area (Å²) < 4.78 is 27.4. The largest absolute Gasteiger partial charge is 0.346 e. The smallest absolute Gasteiger partial charge is 0.251 e. The van der Waals surface area contributed by atoms with Crippen LogP contribution in [0, 0.1) is 13.8 Å². The molecular formula is C22H29N3O3S. The number of benzene rings is 2. The summed E-state index contributed by atoms with van der Waals surface area (Å²) in [5, 5.41) is 2.97. The Morgan fingerprint density at radius 2 is 1.69 bits per heavy atom. The minimum absolute atomic E-state index is 0.161. The third-order valence-electron chi connectivity index (χ3n) is 5.57. The van der Waals surface area contributed by atoms with Gasteiger partial charge in [-0.2, -0.15) is 4.31 Å². The number of nitrogens with zero attached hydrogens (tertiary/aromatic N) is 2. The fourth-order valence-electron chi connectivity index (χ4n) is 3.37. The van der Waals surface area contributed by atoms with E-state index in [1.165, 1.54) is 21.5 Å². The first-order valence-corrected chi connectivity index (χ1v) is 11.3. The van der Waals surface area contributed by atoms with E-state index in [9.17, 15) is 13.2 Å². The Bertz CT molecular complexity index is 996. The van der Waals surface area contributed by atoms with E-state index < -0.39 is 10.0 Å². The lowest BCUT2D eigenvalue weighted by atomic mass is 10.0. The van der Waals surface area contributed by atoms with Gasteiger partial charge in [0.15, 0.2) is 0 Å². The summed E-state index contributed by atoms with van der Waals surface area (Å²) in [6.07, 6.45) is 0. The van der Waals surface area contributed by atoms with Crippen molar-refractivity contribution in [3.63, 3.8) is 0 Å². The van der Waals surface area contributed by atoms with Gasteiger partial charge >= 0.3 is 0 Å². The van der Waals surface area contributed by atoms with E-state index in [4.69, 9.17) is 0 Å². The van der Waals surface area contributed by atoms with E-state index in [1.54, 1.807) is 18.2 Å². The molecule has 1 heterocycles. The Morgan fingerprint density at radius 1 is 1.00 bits per heavy atom. The molecule has 1 aliphatic heterocycles. The van der Waals surface area contributed by atoms with Crippen molar-refractivity contribution >= 4 is 15.9 Å². The Kier molecular flexibility index (Phi) is 6.41. The van der Waals surface area contributed by atoms with Crippen LogP contribution in [-0.2, 0) is 10.0 Å². The lowest BCUT2D eigenvalue weighted by Gasteiger charge is -2.31. The van der Waals surface area contributed by atoms with Crippen LogP contribution >= 0.6 is 0 Å². The van der Waals surface area contributed by atoms with Crippen LogP contribution in [-0.4, -0.2) is 56.8 Å². The second kappa shape index (κ2) is 8.65. The molecule has 0 aliphatic carbocycles. The molecule has 2 aromatic rings. The van der Waals surface area contributed by atoms with Crippen molar-refractivity contribution < 1.29 is 13.2 Å². The number of likely N-dealkylation sites (N-methyl/N-ethyl adjacent to an activating group) is 1. The highest BCUT2D eigenvalue weighted by molar-refractivity contribution is 7.89. The monoisotopic (exact) mass is 415 g/mol. The molecule has 1 aliphatic rings. The Labute approximate surface area is 173 Å². The Balaban J connectivity index is 1.76. The van der Waals surface area contributed by atoms with Crippen molar-refractivity contribution in [1.29, 1.82) is 0 Å². The van der Waals surface area contributed by atoms with Crippen molar-refractivity contribution in [1.82, 2.24) is 14.5 Å². The summed E-state index contributed by atoms with van der Waals surface area (Å²) >= 11 is 0. The topological polar surface area (TPSA) is 69.7 Å². The van der Waals surface area contributed by atoms with E-state index in [2.05, 4.69) is 23.2 Å². The molecule has 6 nitrogen and oxygen atoms in total. The Hall–Kier alpha value is -2.22. The second-order valence-electron chi connectivity index (χ2n) is 7.77. The van der Waals surface area contributed by atoms with Gasteiger partial charge in [-0.25, -0.2) is 8.42 Å². The molecule has 156 valence electrons. The highest BCUT2D eigenvalue weighted by Crippen LogP contribution is 2.20. The van der Waals surface area contributed by atoms with Gasteiger partial charge < -0.3 is 10.2 Å². The molecule has 29 heavy (non-hydrogen) atoms. The maximum atomic E-state index is 13.0. The molecule has 0 spiro atoms. The van der Waals surface area contributed by atoms with Crippen LogP contribution in [0.1, 0.15) is 40.0 Å². The van der Waals surface area contributed by atoms with Gasteiger partial charge in [-0.1, -0.05) is 24.3 Å². The number of nitrogens with one attached hydrogen (secondary N) is 1. The van der Waals surface area contributed by atoms with Gasteiger partial charge in [0.05, 0.1) is 10.9 Å². The first-order chi connectivity index (χ1) is 13.7. The molecule has 1 fully saturated rings. The number of rotatable bonds is 5. The van der Waals surface area contributed by atoms with E-state index >= 15 is 0 Å². The van der Waals surface area contributed by atoms with E-state index in [0.29, 0.717) is 31.7 Å². The van der Waals surface area contributed by atoms with Crippen molar-refractivity contribution in [2.75, 3.05) is 33.2 Å². The molecule has 0 saturated carbocycles. The predicted octanol–water partition coefficient (Wildman–Crippen LogP) is 2.73. The van der Waals surface area contributed by atoms with Gasteiger partial charge in [-0.05, 0) is 62.7 Å². The van der Waals surface area contributed by atoms with Crippen LogP contribution < -0.4 is 5.32 Å². The summed E-state index contributed by atoms with van der Waals surface area (Å²) in [5.74, 6) is -0.286. The van der Waals surface area contributed by atoms with Crippen LogP contribution in [0.5, 0.6) is 0 Å². The summed E-state index contributed by atoms with van der Waals surface area (Å²) in [6, 6.07) is 12.2. The maximum absolute atomic E-state index is 13.0. The fraction of sp³-hybridized carbons (Fsp3) is 0.409. The second-order valence-corrected chi connectivity index (χ2v) is 9.71. The van der Waals surface area contributed by atoms with Gasteiger partial charge in [-0.3, -0.25) is 4.79 Å². The number of amides is 1. The third-order valence-corrected chi connectivity index (χ3v) is 7.47. The third kappa shape index (κ3) is 4.86. The molecule has 1 amide bonds. The van der Waals surface area contributed by atoms with Crippen LogP contribution in [0.15, 0.2) is 47.4 Å². The highest BCUT2D eigenvalue weighted by Gasteiger charge is 2.28. The number of piperazine rings is 1. The molecule has 0 bridgehead atoms. The van der Waals surface area contributed by atoms with Gasteiger partial charge in [0.1, 0.15) is 0 Å². The number of aryl methyl sites for hydroxylation is 2. The van der Waals surface area contributed by atoms with Crippen molar-refractivity contribution in [3.05, 3.63) is 64.7 Å². The molecule has 0 radical (unpaired) electrons. The summed E-state index contributed by atoms with van der Waals surface area (Å²) in [5.41, 5.74) is 3.73. The number of hydrogen-bond acceptors (Lipinski definition) is 4. The van der Waals surface area contributed by atoms with Gasteiger partial charge in [-0.15, -0.1) is 0 Å². The van der Waals surface area contributed by atoms with Crippen LogP contribution in [0.3, 0.4) is 0 Å². The molecule has 2 aromatic carbocycles. The number of sulfonamides is 1. The minimum Gasteiger partial charge on any atom is -0.346 e. The van der Waals surface area contributed by atoms with Gasteiger partial charge in [0, 0.05) is 31.7 Å². The number of carbonyl (C=O) groups is 1. The average Bonchev–Trinajstić information content (AvgIpc) is 2.70. The summed E-state index contributed by atoms with van der Waals surface area (Å²) in [4.78, 5) is 15.0. The maximum Gasteiger partial charge on any atom is 0.251 e. The van der Waals surface area contributed by atoms with Crippen molar-refractivity contribution in [3.8, 4) is 0 Å². The van der Waals surface area contributed by atoms with Gasteiger partial charge in [0.25, 0.3) is 5.91 Å².